The van der Waals surface area contributed by atoms with E-state index in [0.29, 0.717) is 29.4 Å². The minimum absolute atomic E-state index is 0.378. The molecule has 0 saturated carbocycles. The average molecular weight is 519 g/mol. The van der Waals surface area contributed by atoms with Crippen LogP contribution in [-0.4, -0.2) is 26.3 Å². The Morgan fingerprint density at radius 2 is 1.68 bits per heavy atom. The first kappa shape index (κ1) is 23.3. The Balaban J connectivity index is 1.48. The Bertz CT molecular complexity index is 1350. The van der Waals surface area contributed by atoms with Crippen molar-refractivity contribution in [2.45, 2.75) is 6.61 Å². The summed E-state index contributed by atoms with van der Waals surface area (Å²) in [5.41, 5.74) is 4.73. The molecule has 4 rings (SSSR count). The summed E-state index contributed by atoms with van der Waals surface area (Å²) in [4.78, 5) is 12.5. The molecule has 0 atom stereocenters. The molecule has 0 radical (unpaired) electrons. The Kier molecular flexibility index (Phi) is 7.44. The first-order valence-corrected chi connectivity index (χ1v) is 11.3. The maximum absolute atomic E-state index is 12.5. The van der Waals surface area contributed by atoms with E-state index < -0.39 is 0 Å². The lowest BCUT2D eigenvalue weighted by atomic mass is 10.1. The maximum Gasteiger partial charge on any atom is 0.275 e. The summed E-state index contributed by atoms with van der Waals surface area (Å²) in [6, 6.07) is 25.0. The van der Waals surface area contributed by atoms with Crippen LogP contribution < -0.4 is 19.6 Å². The summed E-state index contributed by atoms with van der Waals surface area (Å²) >= 11 is 3.37. The number of rotatable bonds is 8. The van der Waals surface area contributed by atoms with Gasteiger partial charge >= 0.3 is 0 Å². The molecular weight excluding hydrogens is 496 g/mol. The van der Waals surface area contributed by atoms with E-state index in [0.717, 1.165) is 26.4 Å². The van der Waals surface area contributed by atoms with E-state index in [1.54, 1.807) is 37.6 Å². The molecule has 0 aliphatic rings. The van der Waals surface area contributed by atoms with Gasteiger partial charge in [-0.15, -0.1) is 0 Å². The largest absolute Gasteiger partial charge is 0.496 e. The highest BCUT2D eigenvalue weighted by Crippen LogP contribution is 2.29. The molecule has 7 heteroatoms. The molecule has 0 heterocycles. The number of amides is 1. The molecule has 0 aliphatic carbocycles. The van der Waals surface area contributed by atoms with Gasteiger partial charge in [-0.1, -0.05) is 58.4 Å². The molecule has 6 nitrogen and oxygen atoms in total. The van der Waals surface area contributed by atoms with Crippen molar-refractivity contribution < 1.29 is 19.0 Å². The van der Waals surface area contributed by atoms with Crippen molar-refractivity contribution in [2.75, 3.05) is 14.2 Å². The van der Waals surface area contributed by atoms with Gasteiger partial charge in [-0.3, -0.25) is 4.79 Å². The molecule has 0 saturated heterocycles. The van der Waals surface area contributed by atoms with Crippen molar-refractivity contribution in [2.24, 2.45) is 5.10 Å². The normalized spacial score (nSPS) is 10.9. The number of carbonyl (C=O) groups excluding carboxylic acids is 1. The van der Waals surface area contributed by atoms with Gasteiger partial charge in [0.25, 0.3) is 5.91 Å². The van der Waals surface area contributed by atoms with Gasteiger partial charge in [0.2, 0.25) is 0 Å². The summed E-state index contributed by atoms with van der Waals surface area (Å²) in [6.45, 7) is 0.387. The minimum Gasteiger partial charge on any atom is -0.496 e. The highest BCUT2D eigenvalue weighted by molar-refractivity contribution is 9.10. The Morgan fingerprint density at radius 3 is 2.50 bits per heavy atom. The van der Waals surface area contributed by atoms with Gasteiger partial charge in [-0.05, 0) is 58.3 Å². The quantitative estimate of drug-likeness (QED) is 0.230. The first-order chi connectivity index (χ1) is 16.6. The van der Waals surface area contributed by atoms with Crippen molar-refractivity contribution in [1.29, 1.82) is 0 Å². The van der Waals surface area contributed by atoms with Crippen LogP contribution in [0, 0.1) is 0 Å². The van der Waals surface area contributed by atoms with Crippen LogP contribution >= 0.6 is 15.9 Å². The van der Waals surface area contributed by atoms with Crippen molar-refractivity contribution >= 4 is 38.8 Å². The Morgan fingerprint density at radius 1 is 0.912 bits per heavy atom. The molecule has 1 N–H and O–H groups in total. The predicted octanol–water partition coefficient (Wildman–Crippen LogP) is 5.96. The number of carbonyl (C=O) groups is 1. The maximum atomic E-state index is 12.5. The van der Waals surface area contributed by atoms with Crippen molar-refractivity contribution in [3.05, 3.63) is 100 Å². The molecule has 0 spiro atoms. The zero-order valence-corrected chi connectivity index (χ0v) is 20.3. The van der Waals surface area contributed by atoms with E-state index >= 15 is 0 Å². The lowest BCUT2D eigenvalue weighted by Crippen LogP contribution is -2.18. The van der Waals surface area contributed by atoms with Crippen LogP contribution in [0.1, 0.15) is 21.5 Å². The highest BCUT2D eigenvalue weighted by atomic mass is 79.9. The second-order valence-electron chi connectivity index (χ2n) is 7.38. The minimum atomic E-state index is -0.379. The summed E-state index contributed by atoms with van der Waals surface area (Å²) in [5, 5.41) is 6.39. The molecule has 1 amide bonds. The second-order valence-corrected chi connectivity index (χ2v) is 8.30. The van der Waals surface area contributed by atoms with Gasteiger partial charge in [0, 0.05) is 4.47 Å². The molecule has 0 aliphatic heterocycles. The molecule has 4 aromatic carbocycles. The van der Waals surface area contributed by atoms with Crippen molar-refractivity contribution in [1.82, 2.24) is 5.43 Å². The van der Waals surface area contributed by atoms with E-state index in [-0.39, 0.29) is 5.91 Å². The van der Waals surface area contributed by atoms with Gasteiger partial charge in [-0.2, -0.15) is 5.10 Å². The van der Waals surface area contributed by atoms with E-state index in [2.05, 4.69) is 44.7 Å². The van der Waals surface area contributed by atoms with Gasteiger partial charge in [0.15, 0.2) is 11.5 Å². The summed E-state index contributed by atoms with van der Waals surface area (Å²) in [6.07, 6.45) is 1.55. The number of hydrogen-bond acceptors (Lipinski definition) is 5. The van der Waals surface area contributed by atoms with Crippen molar-refractivity contribution in [3.63, 3.8) is 0 Å². The molecule has 172 valence electrons. The summed E-state index contributed by atoms with van der Waals surface area (Å²) in [7, 11) is 3.11. The third-order valence-electron chi connectivity index (χ3n) is 5.24. The topological polar surface area (TPSA) is 69.2 Å². The monoisotopic (exact) mass is 518 g/mol. The number of fused-ring (bicyclic) bond motifs is 1. The van der Waals surface area contributed by atoms with Crippen molar-refractivity contribution in [3.8, 4) is 17.2 Å². The smallest absolute Gasteiger partial charge is 0.275 e. The molecule has 0 unspecified atom stereocenters. The van der Waals surface area contributed by atoms with Gasteiger partial charge in [-0.25, -0.2) is 5.43 Å². The number of nitrogens with one attached hydrogen (secondary N) is 1. The van der Waals surface area contributed by atoms with Gasteiger partial charge < -0.3 is 14.2 Å². The molecule has 0 bridgehead atoms. The fraction of sp³-hybridized carbons (Fsp3) is 0.111. The fourth-order valence-electron chi connectivity index (χ4n) is 3.54. The van der Waals surface area contributed by atoms with E-state index in [1.165, 1.54) is 7.11 Å². The molecule has 4 aromatic rings. The van der Waals surface area contributed by atoms with Crippen LogP contribution in [0.25, 0.3) is 10.8 Å². The summed E-state index contributed by atoms with van der Waals surface area (Å²) in [5.74, 6) is 1.28. The SMILES string of the molecule is COc1ccc(/C=N\NC(=O)c2cc(Br)ccc2OC)cc1OCc1cccc2ccccc12. The van der Waals surface area contributed by atoms with Gasteiger partial charge in [0.1, 0.15) is 12.4 Å². The number of halogens is 1. The number of nitrogens with zero attached hydrogens (tertiary/aromatic N) is 1. The molecule has 0 aromatic heterocycles. The molecule has 34 heavy (non-hydrogen) atoms. The first-order valence-electron chi connectivity index (χ1n) is 10.5. The molecular formula is C27H23BrN2O4. The van der Waals surface area contributed by atoms with Crippen LogP contribution in [0.2, 0.25) is 0 Å². The zero-order chi connectivity index (χ0) is 23.9. The van der Waals surface area contributed by atoms with Crippen LogP contribution in [0.15, 0.2) is 88.4 Å². The number of hydrogen-bond donors (Lipinski definition) is 1. The van der Waals surface area contributed by atoms with Crippen LogP contribution in [-0.2, 0) is 6.61 Å². The third-order valence-corrected chi connectivity index (χ3v) is 5.73. The third kappa shape index (κ3) is 5.38. The average Bonchev–Trinajstić information content (AvgIpc) is 2.87. The summed E-state index contributed by atoms with van der Waals surface area (Å²) < 4.78 is 17.6. The lowest BCUT2D eigenvalue weighted by Gasteiger charge is -2.13. The molecule has 0 fully saturated rings. The van der Waals surface area contributed by atoms with E-state index in [9.17, 15) is 4.79 Å². The number of methoxy groups -OCH3 is 2. The van der Waals surface area contributed by atoms with E-state index in [4.69, 9.17) is 14.2 Å². The lowest BCUT2D eigenvalue weighted by molar-refractivity contribution is 0.0952. The standard InChI is InChI=1S/C27H23BrN2O4/c1-32-24-13-11-21(28)15-23(24)27(31)30-29-16-18-10-12-25(33-2)26(14-18)34-17-20-8-5-7-19-6-3-4-9-22(19)20/h3-16H,17H2,1-2H3,(H,30,31)/b29-16-. The highest BCUT2D eigenvalue weighted by Gasteiger charge is 2.12. The van der Waals surface area contributed by atoms with E-state index in [1.807, 2.05) is 36.4 Å². The van der Waals surface area contributed by atoms with Gasteiger partial charge in [0.05, 0.1) is 26.0 Å². The predicted molar refractivity (Wildman–Crippen MR) is 137 cm³/mol. The Hall–Kier alpha value is -3.84. The number of ether oxygens (including phenoxy) is 3. The Labute approximate surface area is 206 Å². The van der Waals surface area contributed by atoms with Crippen LogP contribution in [0.4, 0.5) is 0 Å². The zero-order valence-electron chi connectivity index (χ0n) is 18.7. The number of hydrazone groups is 1. The second kappa shape index (κ2) is 10.9. The van der Waals surface area contributed by atoms with Crippen LogP contribution in [0.5, 0.6) is 17.2 Å². The number of benzene rings is 4. The fourth-order valence-corrected chi connectivity index (χ4v) is 3.90. The van der Waals surface area contributed by atoms with Crippen LogP contribution in [0.3, 0.4) is 0 Å².